The molecule has 0 bridgehead atoms. The van der Waals surface area contributed by atoms with E-state index in [1.807, 2.05) is 6.07 Å². The molecular weight excluding hydrogens is 370 g/mol. The predicted molar refractivity (Wildman–Crippen MR) is 82.4 cm³/mol. The van der Waals surface area contributed by atoms with E-state index in [0.717, 1.165) is 9.48 Å². The van der Waals surface area contributed by atoms with Crippen molar-refractivity contribution in [3.8, 4) is 0 Å². The minimum absolute atomic E-state index is 0.126. The predicted octanol–water partition coefficient (Wildman–Crippen LogP) is 3.19. The molecule has 2 aromatic rings. The Hall–Kier alpha value is -2.68. The molecule has 1 atom stereocenters. The van der Waals surface area contributed by atoms with Crippen LogP contribution in [-0.2, 0) is 9.53 Å². The van der Waals surface area contributed by atoms with Crippen LogP contribution in [0.5, 0.6) is 0 Å². The summed E-state index contributed by atoms with van der Waals surface area (Å²) in [5.74, 6) is -0.451. The van der Waals surface area contributed by atoms with Crippen LogP contribution in [0.1, 0.15) is 24.5 Å². The summed E-state index contributed by atoms with van der Waals surface area (Å²) in [5, 5.41) is 15.9. The van der Waals surface area contributed by atoms with Crippen molar-refractivity contribution < 1.29 is 18.9 Å². The van der Waals surface area contributed by atoms with Crippen LogP contribution in [0.2, 0.25) is 0 Å². The molecular formula is C14H10BrN3O5. The Labute approximate surface area is 138 Å². The van der Waals surface area contributed by atoms with Gasteiger partial charge in [-0.05, 0) is 24.3 Å². The van der Waals surface area contributed by atoms with Crippen molar-refractivity contribution in [2.45, 2.75) is 13.2 Å². The fourth-order valence-electron chi connectivity index (χ4n) is 2.06. The largest absolute Gasteiger partial charge is 0.442 e. The third-order valence-corrected chi connectivity index (χ3v) is 3.57. The summed E-state index contributed by atoms with van der Waals surface area (Å²) in [6.45, 7) is 1.32. The van der Waals surface area contributed by atoms with Crippen LogP contribution in [0, 0.1) is 10.1 Å². The minimum Gasteiger partial charge on any atom is -0.442 e. The van der Waals surface area contributed by atoms with Crippen LogP contribution >= 0.6 is 15.9 Å². The Morgan fingerprint density at radius 3 is 2.78 bits per heavy atom. The minimum atomic E-state index is -0.977. The molecule has 1 amide bonds. The Morgan fingerprint density at radius 2 is 2.17 bits per heavy atom. The fraction of sp³-hybridized carbons (Fsp3) is 0.143. The number of carbonyl (C=O) groups is 1. The van der Waals surface area contributed by atoms with Crippen molar-refractivity contribution in [2.75, 3.05) is 0 Å². The molecule has 8 nitrogen and oxygen atoms in total. The Morgan fingerprint density at radius 1 is 1.39 bits per heavy atom. The van der Waals surface area contributed by atoms with Crippen molar-refractivity contribution >= 4 is 33.6 Å². The molecule has 9 heteroatoms. The summed E-state index contributed by atoms with van der Waals surface area (Å²) in [5.41, 5.74) is 0.661. The summed E-state index contributed by atoms with van der Waals surface area (Å²) in [4.78, 5) is 21.8. The third kappa shape index (κ3) is 2.95. The number of nitrogens with zero attached hydrogens (tertiary/aromatic N) is 3. The topological polar surface area (TPSA) is 98.2 Å². The highest BCUT2D eigenvalue weighted by molar-refractivity contribution is 9.10. The number of benzene rings is 1. The van der Waals surface area contributed by atoms with Crippen molar-refractivity contribution in [1.29, 1.82) is 0 Å². The molecule has 1 aliphatic rings. The molecule has 0 aliphatic carbocycles. The molecule has 1 aromatic carbocycles. The number of nitro groups is 1. The van der Waals surface area contributed by atoms with E-state index in [-0.39, 0.29) is 17.6 Å². The summed E-state index contributed by atoms with van der Waals surface area (Å²) < 4.78 is 11.6. The zero-order valence-electron chi connectivity index (χ0n) is 11.8. The van der Waals surface area contributed by atoms with Crippen LogP contribution in [0.15, 0.2) is 50.4 Å². The molecule has 118 valence electrons. The molecule has 1 aliphatic heterocycles. The van der Waals surface area contributed by atoms with E-state index in [9.17, 15) is 14.9 Å². The zero-order valence-corrected chi connectivity index (χ0v) is 13.4. The first kappa shape index (κ1) is 15.2. The van der Waals surface area contributed by atoms with Crippen molar-refractivity contribution in [3.63, 3.8) is 0 Å². The highest BCUT2D eigenvalue weighted by Gasteiger charge is 2.36. The van der Waals surface area contributed by atoms with Gasteiger partial charge in [0.2, 0.25) is 11.8 Å². The van der Waals surface area contributed by atoms with Crippen LogP contribution in [0.4, 0.5) is 5.88 Å². The average molecular weight is 380 g/mol. The molecule has 2 heterocycles. The van der Waals surface area contributed by atoms with Crippen molar-refractivity contribution in [1.82, 2.24) is 5.01 Å². The summed E-state index contributed by atoms with van der Waals surface area (Å²) in [6.07, 6.45) is -0.977. The quantitative estimate of drug-likeness (QED) is 0.602. The third-order valence-electron chi connectivity index (χ3n) is 3.07. The van der Waals surface area contributed by atoms with E-state index in [1.54, 1.807) is 18.2 Å². The highest BCUT2D eigenvalue weighted by Crippen LogP contribution is 2.33. The van der Waals surface area contributed by atoms with Gasteiger partial charge in [0.1, 0.15) is 4.92 Å². The van der Waals surface area contributed by atoms with E-state index in [4.69, 9.17) is 9.15 Å². The van der Waals surface area contributed by atoms with E-state index in [1.165, 1.54) is 19.1 Å². The van der Waals surface area contributed by atoms with Crippen LogP contribution in [-0.4, -0.2) is 21.7 Å². The molecule has 0 radical (unpaired) electrons. The van der Waals surface area contributed by atoms with Crippen LogP contribution < -0.4 is 0 Å². The van der Waals surface area contributed by atoms with Gasteiger partial charge in [-0.25, -0.2) is 0 Å². The van der Waals surface area contributed by atoms with Crippen molar-refractivity contribution in [2.24, 2.45) is 5.10 Å². The first-order chi connectivity index (χ1) is 11.0. The van der Waals surface area contributed by atoms with Gasteiger partial charge in [0.05, 0.1) is 6.07 Å². The first-order valence-electron chi connectivity index (χ1n) is 6.51. The second kappa shape index (κ2) is 5.84. The molecule has 0 fully saturated rings. The van der Waals surface area contributed by atoms with E-state index in [2.05, 4.69) is 21.0 Å². The number of rotatable bonds is 3. The lowest BCUT2D eigenvalue weighted by atomic mass is 10.2. The second-order valence-electron chi connectivity index (χ2n) is 4.68. The molecule has 3 rings (SSSR count). The maximum absolute atomic E-state index is 11.8. The van der Waals surface area contributed by atoms with E-state index < -0.39 is 17.0 Å². The van der Waals surface area contributed by atoms with Gasteiger partial charge in [0, 0.05) is 17.0 Å². The maximum Gasteiger partial charge on any atom is 0.433 e. The van der Waals surface area contributed by atoms with Gasteiger partial charge in [-0.15, -0.1) is 5.10 Å². The second-order valence-corrected chi connectivity index (χ2v) is 5.60. The van der Waals surface area contributed by atoms with Gasteiger partial charge in [-0.3, -0.25) is 14.9 Å². The zero-order chi connectivity index (χ0) is 16.6. The summed E-state index contributed by atoms with van der Waals surface area (Å²) in [7, 11) is 0. The number of furan rings is 1. The smallest absolute Gasteiger partial charge is 0.433 e. The highest BCUT2D eigenvalue weighted by atomic mass is 79.9. The monoisotopic (exact) mass is 379 g/mol. The van der Waals surface area contributed by atoms with E-state index in [0.29, 0.717) is 5.56 Å². The lowest BCUT2D eigenvalue weighted by Gasteiger charge is -2.16. The molecule has 0 saturated carbocycles. The number of halogens is 1. The Bertz CT molecular complexity index is 816. The summed E-state index contributed by atoms with van der Waals surface area (Å²) >= 11 is 3.35. The molecule has 1 unspecified atom stereocenters. The maximum atomic E-state index is 11.8. The number of amides is 1. The first-order valence-corrected chi connectivity index (χ1v) is 7.30. The van der Waals surface area contributed by atoms with Gasteiger partial charge in [0.25, 0.3) is 6.23 Å². The summed E-state index contributed by atoms with van der Waals surface area (Å²) in [6, 6.07) is 9.79. The van der Waals surface area contributed by atoms with Crippen LogP contribution in [0.3, 0.4) is 0 Å². The lowest BCUT2D eigenvalue weighted by molar-refractivity contribution is -0.402. The van der Waals surface area contributed by atoms with E-state index >= 15 is 0 Å². The van der Waals surface area contributed by atoms with Gasteiger partial charge in [0.15, 0.2) is 5.76 Å². The van der Waals surface area contributed by atoms with Gasteiger partial charge >= 0.3 is 5.88 Å². The number of ether oxygens (including phenoxy) is 1. The average Bonchev–Trinajstić information content (AvgIpc) is 3.14. The van der Waals surface area contributed by atoms with Gasteiger partial charge in [-0.1, -0.05) is 22.0 Å². The molecule has 0 spiro atoms. The van der Waals surface area contributed by atoms with Gasteiger partial charge in [-0.2, -0.15) is 5.01 Å². The number of hydrazone groups is 1. The number of carbonyl (C=O) groups excluding carboxylic acids is 1. The number of hydrogen-bond donors (Lipinski definition) is 0. The fourth-order valence-corrected chi connectivity index (χ4v) is 2.46. The molecule has 1 aromatic heterocycles. The molecule has 0 saturated heterocycles. The Kier molecular flexibility index (Phi) is 3.87. The SMILES string of the molecule is CC(=O)N1N=C(c2cccc(Br)c2)OC1c1ccc([N+](=O)[O-])o1. The Balaban J connectivity index is 1.93. The lowest BCUT2D eigenvalue weighted by Crippen LogP contribution is -2.24. The van der Waals surface area contributed by atoms with Gasteiger partial charge < -0.3 is 9.15 Å². The normalized spacial score (nSPS) is 16.9. The standard InChI is InChI=1S/C14H10BrN3O5/c1-8(19)17-14(11-5-6-12(22-11)18(20)21)23-13(16-17)9-3-2-4-10(15)7-9/h2-7,14H,1H3. The molecule has 0 N–H and O–H groups in total. The molecule has 23 heavy (non-hydrogen) atoms. The van der Waals surface area contributed by atoms with Crippen molar-refractivity contribution in [3.05, 3.63) is 62.3 Å². The number of hydrogen-bond acceptors (Lipinski definition) is 6. The van der Waals surface area contributed by atoms with Crippen LogP contribution in [0.25, 0.3) is 0 Å².